The standard InChI is InChI=1S/C12H22/c1-5-9-12(8-4)10-11(6-2)7-3/h5,8-9,11H,6-7,10H2,1-4H3/b9-5-,12-8+. The molecule has 0 heterocycles. The first kappa shape index (κ1) is 11.5. The van der Waals surface area contributed by atoms with E-state index in [1.54, 1.807) is 0 Å². The zero-order valence-corrected chi connectivity index (χ0v) is 8.93. The Morgan fingerprint density at radius 3 is 2.08 bits per heavy atom. The zero-order chi connectivity index (χ0) is 9.40. The maximum absolute atomic E-state index is 2.27. The molecule has 0 rings (SSSR count). The van der Waals surface area contributed by atoms with Crippen molar-refractivity contribution in [2.24, 2.45) is 5.92 Å². The molecule has 0 saturated heterocycles. The van der Waals surface area contributed by atoms with Gasteiger partial charge in [-0.15, -0.1) is 0 Å². The Hall–Kier alpha value is -0.520. The van der Waals surface area contributed by atoms with Crippen LogP contribution in [0.25, 0.3) is 0 Å². The van der Waals surface area contributed by atoms with Crippen molar-refractivity contribution >= 4 is 0 Å². The minimum absolute atomic E-state index is 0.868. The van der Waals surface area contributed by atoms with Crippen LogP contribution in [0.4, 0.5) is 0 Å². The van der Waals surface area contributed by atoms with Crippen molar-refractivity contribution in [3.05, 3.63) is 23.8 Å². The first-order chi connectivity index (χ1) is 5.78. The normalized spacial score (nSPS) is 13.2. The summed E-state index contributed by atoms with van der Waals surface area (Å²) in [4.78, 5) is 0. The molecule has 0 nitrogen and oxygen atoms in total. The Labute approximate surface area is 77.4 Å². The van der Waals surface area contributed by atoms with Gasteiger partial charge in [0.25, 0.3) is 0 Å². The molecule has 0 atom stereocenters. The van der Waals surface area contributed by atoms with Crippen LogP contribution in [-0.2, 0) is 0 Å². The first-order valence-corrected chi connectivity index (χ1v) is 5.06. The van der Waals surface area contributed by atoms with E-state index in [2.05, 4.69) is 45.9 Å². The summed E-state index contributed by atoms with van der Waals surface area (Å²) in [5.74, 6) is 0.868. The van der Waals surface area contributed by atoms with Crippen molar-refractivity contribution in [3.8, 4) is 0 Å². The molecule has 0 unspecified atom stereocenters. The molecule has 0 heteroatoms. The van der Waals surface area contributed by atoms with Gasteiger partial charge < -0.3 is 0 Å². The van der Waals surface area contributed by atoms with Gasteiger partial charge >= 0.3 is 0 Å². The summed E-state index contributed by atoms with van der Waals surface area (Å²) in [5, 5.41) is 0. The highest BCUT2D eigenvalue weighted by Gasteiger charge is 2.03. The summed E-state index contributed by atoms with van der Waals surface area (Å²) >= 11 is 0. The van der Waals surface area contributed by atoms with E-state index in [0.29, 0.717) is 0 Å². The lowest BCUT2D eigenvalue weighted by Crippen LogP contribution is -1.97. The molecular formula is C12H22. The summed E-state index contributed by atoms with van der Waals surface area (Å²) in [6.45, 7) is 8.75. The van der Waals surface area contributed by atoms with E-state index < -0.39 is 0 Å². The van der Waals surface area contributed by atoms with Gasteiger partial charge in [-0.25, -0.2) is 0 Å². The van der Waals surface area contributed by atoms with E-state index in [9.17, 15) is 0 Å². The van der Waals surface area contributed by atoms with Crippen molar-refractivity contribution in [1.29, 1.82) is 0 Å². The predicted molar refractivity (Wildman–Crippen MR) is 57.3 cm³/mol. The molecule has 0 aliphatic carbocycles. The molecule has 0 spiro atoms. The van der Waals surface area contributed by atoms with E-state index >= 15 is 0 Å². The lowest BCUT2D eigenvalue weighted by atomic mass is 9.94. The second-order valence-corrected chi connectivity index (χ2v) is 3.25. The van der Waals surface area contributed by atoms with Gasteiger partial charge in [-0.2, -0.15) is 0 Å². The average Bonchev–Trinajstić information content (AvgIpc) is 2.12. The van der Waals surface area contributed by atoms with Gasteiger partial charge in [0.15, 0.2) is 0 Å². The summed E-state index contributed by atoms with van der Waals surface area (Å²) in [7, 11) is 0. The molecule has 0 amide bonds. The maximum Gasteiger partial charge on any atom is -0.0254 e. The predicted octanol–water partition coefficient (Wildman–Crippen LogP) is 4.34. The van der Waals surface area contributed by atoms with Gasteiger partial charge in [0, 0.05) is 0 Å². The number of hydrogen-bond donors (Lipinski definition) is 0. The van der Waals surface area contributed by atoms with E-state index in [0.717, 1.165) is 5.92 Å². The summed E-state index contributed by atoms with van der Waals surface area (Å²) in [6, 6.07) is 0. The van der Waals surface area contributed by atoms with Gasteiger partial charge in [-0.3, -0.25) is 0 Å². The van der Waals surface area contributed by atoms with Gasteiger partial charge in [-0.05, 0) is 26.2 Å². The quantitative estimate of drug-likeness (QED) is 0.533. The lowest BCUT2D eigenvalue weighted by molar-refractivity contribution is 0.492. The van der Waals surface area contributed by atoms with Gasteiger partial charge in [-0.1, -0.05) is 50.5 Å². The monoisotopic (exact) mass is 166 g/mol. The molecular weight excluding hydrogens is 144 g/mol. The summed E-state index contributed by atoms with van der Waals surface area (Å²) < 4.78 is 0. The molecule has 0 aromatic carbocycles. The number of rotatable bonds is 5. The molecule has 0 aliphatic heterocycles. The molecule has 0 fully saturated rings. The summed E-state index contributed by atoms with van der Waals surface area (Å²) in [5.41, 5.74) is 1.48. The fourth-order valence-corrected chi connectivity index (χ4v) is 1.41. The second kappa shape index (κ2) is 7.15. The topological polar surface area (TPSA) is 0 Å². The van der Waals surface area contributed by atoms with E-state index in [-0.39, 0.29) is 0 Å². The van der Waals surface area contributed by atoms with Crippen molar-refractivity contribution < 1.29 is 0 Å². The van der Waals surface area contributed by atoms with Gasteiger partial charge in [0.05, 0.1) is 0 Å². The Kier molecular flexibility index (Phi) is 6.84. The van der Waals surface area contributed by atoms with Crippen LogP contribution < -0.4 is 0 Å². The van der Waals surface area contributed by atoms with Gasteiger partial charge in [0.2, 0.25) is 0 Å². The first-order valence-electron chi connectivity index (χ1n) is 5.06. The Balaban J connectivity index is 4.01. The smallest absolute Gasteiger partial charge is 0.0254 e. The van der Waals surface area contributed by atoms with Crippen LogP contribution in [0.2, 0.25) is 0 Å². The van der Waals surface area contributed by atoms with Crippen LogP contribution in [0.1, 0.15) is 47.0 Å². The van der Waals surface area contributed by atoms with Gasteiger partial charge in [0.1, 0.15) is 0 Å². The molecule has 70 valence electrons. The van der Waals surface area contributed by atoms with Crippen LogP contribution in [0.5, 0.6) is 0 Å². The van der Waals surface area contributed by atoms with Crippen LogP contribution in [0.3, 0.4) is 0 Å². The molecule has 0 bridgehead atoms. The fourth-order valence-electron chi connectivity index (χ4n) is 1.41. The third-order valence-corrected chi connectivity index (χ3v) is 2.43. The maximum atomic E-state index is 2.27. The van der Waals surface area contributed by atoms with Crippen molar-refractivity contribution in [1.82, 2.24) is 0 Å². The molecule has 0 aromatic rings. The second-order valence-electron chi connectivity index (χ2n) is 3.25. The van der Waals surface area contributed by atoms with Crippen LogP contribution in [-0.4, -0.2) is 0 Å². The largest absolute Gasteiger partial charge is 0.0874 e. The lowest BCUT2D eigenvalue weighted by Gasteiger charge is -2.12. The molecule has 0 aromatic heterocycles. The van der Waals surface area contributed by atoms with Crippen LogP contribution in [0, 0.1) is 5.92 Å². The fraction of sp³-hybridized carbons (Fsp3) is 0.667. The minimum Gasteiger partial charge on any atom is -0.0874 e. The molecule has 0 saturated carbocycles. The third-order valence-electron chi connectivity index (χ3n) is 2.43. The SMILES string of the molecule is C/C=C\C(=C/C)CC(CC)CC. The van der Waals surface area contributed by atoms with Crippen molar-refractivity contribution in [2.75, 3.05) is 0 Å². The van der Waals surface area contributed by atoms with Crippen molar-refractivity contribution in [3.63, 3.8) is 0 Å². The number of hydrogen-bond acceptors (Lipinski definition) is 0. The van der Waals surface area contributed by atoms with E-state index in [1.807, 2.05) is 0 Å². The highest BCUT2D eigenvalue weighted by molar-refractivity contribution is 5.17. The van der Waals surface area contributed by atoms with E-state index in [1.165, 1.54) is 24.8 Å². The average molecular weight is 166 g/mol. The Bertz CT molecular complexity index is 147. The van der Waals surface area contributed by atoms with E-state index in [4.69, 9.17) is 0 Å². The van der Waals surface area contributed by atoms with Crippen LogP contribution in [0.15, 0.2) is 23.8 Å². The van der Waals surface area contributed by atoms with Crippen LogP contribution >= 0.6 is 0 Å². The molecule has 0 aliphatic rings. The third kappa shape index (κ3) is 4.38. The highest BCUT2D eigenvalue weighted by atomic mass is 14.1. The number of allylic oxidation sites excluding steroid dienone is 4. The summed E-state index contributed by atoms with van der Waals surface area (Å²) in [6.07, 6.45) is 10.4. The zero-order valence-electron chi connectivity index (χ0n) is 8.93. The molecule has 12 heavy (non-hydrogen) atoms. The Morgan fingerprint density at radius 1 is 1.17 bits per heavy atom. The minimum atomic E-state index is 0.868. The Morgan fingerprint density at radius 2 is 1.75 bits per heavy atom. The highest BCUT2D eigenvalue weighted by Crippen LogP contribution is 2.18. The van der Waals surface area contributed by atoms with Crippen molar-refractivity contribution in [2.45, 2.75) is 47.0 Å². The molecule has 0 radical (unpaired) electrons. The molecule has 0 N–H and O–H groups in total.